The maximum atomic E-state index is 11.9. The normalized spacial score (nSPS) is 13.3. The van der Waals surface area contributed by atoms with E-state index < -0.39 is 18.1 Å². The largest absolute Gasteiger partial charge is 0.477 e. The van der Waals surface area contributed by atoms with Gasteiger partial charge < -0.3 is 24.2 Å². The van der Waals surface area contributed by atoms with Crippen molar-refractivity contribution in [1.82, 2.24) is 0 Å². The maximum Gasteiger partial charge on any atom is 0.362 e. The number of hydrogen-bond acceptors (Lipinski definition) is 5. The van der Waals surface area contributed by atoms with E-state index in [1.807, 2.05) is 21.1 Å². The molecule has 0 heterocycles. The van der Waals surface area contributed by atoms with Gasteiger partial charge in [0.25, 0.3) is 0 Å². The summed E-state index contributed by atoms with van der Waals surface area (Å²) in [6, 6.07) is -0.571. The van der Waals surface area contributed by atoms with Gasteiger partial charge in [-0.05, 0) is 6.42 Å². The zero-order valence-electron chi connectivity index (χ0n) is 28.2. The van der Waals surface area contributed by atoms with Crippen molar-refractivity contribution >= 4 is 11.9 Å². The average Bonchev–Trinajstić information content (AvgIpc) is 2.93. The molecule has 0 radical (unpaired) electrons. The summed E-state index contributed by atoms with van der Waals surface area (Å²) >= 11 is 0. The van der Waals surface area contributed by atoms with Crippen molar-refractivity contribution in [2.45, 2.75) is 173 Å². The molecule has 0 amide bonds. The number of aliphatic hydroxyl groups is 1. The molecule has 0 fully saturated rings. The van der Waals surface area contributed by atoms with Crippen molar-refractivity contribution in [1.29, 1.82) is 0 Å². The van der Waals surface area contributed by atoms with E-state index in [-0.39, 0.29) is 25.8 Å². The van der Waals surface area contributed by atoms with Crippen LogP contribution in [-0.4, -0.2) is 79.7 Å². The van der Waals surface area contributed by atoms with Crippen molar-refractivity contribution in [3.05, 3.63) is 0 Å². The Kier molecular flexibility index (Phi) is 27.8. The van der Waals surface area contributed by atoms with Crippen LogP contribution in [0.5, 0.6) is 0 Å². The van der Waals surface area contributed by atoms with Crippen LogP contribution in [0, 0.1) is 0 Å². The molecule has 0 spiro atoms. The number of carboxylic acids is 1. The van der Waals surface area contributed by atoms with Crippen LogP contribution < -0.4 is 0 Å². The van der Waals surface area contributed by atoms with Gasteiger partial charge in [-0.1, -0.05) is 142 Å². The van der Waals surface area contributed by atoms with E-state index in [1.54, 1.807) is 0 Å². The molecule has 250 valence electrons. The molecule has 0 aromatic heterocycles. The number of aliphatic carboxylic acids is 1. The van der Waals surface area contributed by atoms with E-state index in [1.165, 1.54) is 122 Å². The van der Waals surface area contributed by atoms with Gasteiger partial charge in [-0.2, -0.15) is 0 Å². The molecule has 2 atom stereocenters. The molecule has 0 aliphatic heterocycles. The van der Waals surface area contributed by atoms with Gasteiger partial charge in [-0.15, -0.1) is 0 Å². The van der Waals surface area contributed by atoms with Gasteiger partial charge in [-0.25, -0.2) is 4.79 Å². The third kappa shape index (κ3) is 27.6. The number of ether oxygens (including phenoxy) is 2. The van der Waals surface area contributed by atoms with Crippen LogP contribution in [0.4, 0.5) is 0 Å². The number of rotatable bonds is 32. The first-order chi connectivity index (χ1) is 20.2. The summed E-state index contributed by atoms with van der Waals surface area (Å²) in [6.45, 7) is 2.45. The molecular formula is C35H70NO6+. The van der Waals surface area contributed by atoms with Crippen molar-refractivity contribution in [3.8, 4) is 0 Å². The highest BCUT2D eigenvalue weighted by Gasteiger charge is 2.30. The Labute approximate surface area is 259 Å². The first-order valence-corrected chi connectivity index (χ1v) is 17.6. The average molecular weight is 601 g/mol. The molecule has 2 unspecified atom stereocenters. The molecule has 0 aromatic rings. The number of esters is 1. The highest BCUT2D eigenvalue weighted by molar-refractivity contribution is 5.72. The Bertz CT molecular complexity index is 621. The Morgan fingerprint density at radius 1 is 0.619 bits per heavy atom. The minimum absolute atomic E-state index is 0.0240. The fourth-order valence-electron chi connectivity index (χ4n) is 5.44. The van der Waals surface area contributed by atoms with Crippen LogP contribution in [0.3, 0.4) is 0 Å². The molecule has 42 heavy (non-hydrogen) atoms. The Hall–Kier alpha value is -1.18. The van der Waals surface area contributed by atoms with Gasteiger partial charge >= 0.3 is 11.9 Å². The lowest BCUT2D eigenvalue weighted by molar-refractivity contribution is -0.887. The summed E-state index contributed by atoms with van der Waals surface area (Å²) < 4.78 is 10.9. The molecule has 7 nitrogen and oxygen atoms in total. The quantitative estimate of drug-likeness (QED) is 0.0457. The van der Waals surface area contributed by atoms with E-state index >= 15 is 0 Å². The van der Waals surface area contributed by atoms with Crippen molar-refractivity contribution in [2.24, 2.45) is 0 Å². The monoisotopic (exact) mass is 601 g/mol. The van der Waals surface area contributed by atoms with Gasteiger partial charge in [0.15, 0.2) is 6.04 Å². The topological polar surface area (TPSA) is 93.1 Å². The summed E-state index contributed by atoms with van der Waals surface area (Å²) in [7, 11) is 5.49. The highest BCUT2D eigenvalue weighted by atomic mass is 16.5. The number of hydrogen-bond donors (Lipinski definition) is 2. The number of aliphatic hydroxyl groups excluding tert-OH is 1. The highest BCUT2D eigenvalue weighted by Crippen LogP contribution is 2.15. The third-order valence-electron chi connectivity index (χ3n) is 8.24. The third-order valence-corrected chi connectivity index (χ3v) is 8.24. The van der Waals surface area contributed by atoms with Crippen LogP contribution in [0.1, 0.15) is 161 Å². The van der Waals surface area contributed by atoms with Gasteiger partial charge in [0.2, 0.25) is 0 Å². The standard InChI is InChI=1S/C35H69NO6/c1-5-6-7-8-9-10-11-12-13-14-15-16-17-18-19-20-21-22-23-24-25-26-27-34(38)42-31-32(37)30-41-29-28-33(35(39)40)36(2,3)4/h32-33,37H,5-31H2,1-4H3/p+1. The van der Waals surface area contributed by atoms with Crippen molar-refractivity contribution in [3.63, 3.8) is 0 Å². The number of nitrogens with zero attached hydrogens (tertiary/aromatic N) is 1. The van der Waals surface area contributed by atoms with Gasteiger partial charge in [0, 0.05) is 12.8 Å². The number of carbonyl (C=O) groups excluding carboxylic acids is 1. The molecule has 0 aromatic carbocycles. The summed E-state index contributed by atoms with van der Waals surface area (Å²) in [5.74, 6) is -1.14. The Balaban J connectivity index is 3.38. The molecule has 0 bridgehead atoms. The lowest BCUT2D eigenvalue weighted by Crippen LogP contribution is -2.50. The molecular weight excluding hydrogens is 530 g/mol. The van der Waals surface area contributed by atoms with Gasteiger partial charge in [0.1, 0.15) is 12.7 Å². The fourth-order valence-corrected chi connectivity index (χ4v) is 5.44. The van der Waals surface area contributed by atoms with Gasteiger partial charge in [-0.3, -0.25) is 4.79 Å². The second kappa shape index (κ2) is 28.6. The molecule has 0 rings (SSSR count). The van der Waals surface area contributed by atoms with Crippen LogP contribution in [0.2, 0.25) is 0 Å². The lowest BCUT2D eigenvalue weighted by atomic mass is 10.0. The van der Waals surface area contributed by atoms with E-state index in [0.29, 0.717) is 17.3 Å². The predicted molar refractivity (Wildman–Crippen MR) is 174 cm³/mol. The molecule has 2 N–H and O–H groups in total. The second-order valence-electron chi connectivity index (χ2n) is 13.3. The van der Waals surface area contributed by atoms with Crippen LogP contribution in [-0.2, 0) is 19.1 Å². The number of likely N-dealkylation sites (N-methyl/N-ethyl adjacent to an activating group) is 1. The molecule has 0 aliphatic carbocycles. The summed E-state index contributed by atoms with van der Waals surface area (Å²) in [5.41, 5.74) is 0. The zero-order chi connectivity index (χ0) is 31.3. The van der Waals surface area contributed by atoms with E-state index in [9.17, 15) is 19.8 Å². The predicted octanol–water partition coefficient (Wildman–Crippen LogP) is 8.45. The number of quaternary nitrogens is 1. The summed E-state index contributed by atoms with van der Waals surface area (Å²) in [6.07, 6.45) is 29.4. The van der Waals surface area contributed by atoms with Crippen molar-refractivity contribution < 1.29 is 33.8 Å². The first kappa shape index (κ1) is 40.8. The first-order valence-electron chi connectivity index (χ1n) is 17.6. The zero-order valence-corrected chi connectivity index (χ0v) is 28.2. The Morgan fingerprint density at radius 3 is 1.36 bits per heavy atom. The number of carbonyl (C=O) groups is 2. The second-order valence-corrected chi connectivity index (χ2v) is 13.3. The molecule has 0 aliphatic rings. The molecule has 0 saturated carbocycles. The summed E-state index contributed by atoms with van der Waals surface area (Å²) in [5, 5.41) is 19.3. The van der Waals surface area contributed by atoms with Crippen LogP contribution in [0.25, 0.3) is 0 Å². The molecule has 7 heteroatoms. The number of carboxylic acid groups (broad SMARTS) is 1. The van der Waals surface area contributed by atoms with E-state index in [0.717, 1.165) is 19.3 Å². The van der Waals surface area contributed by atoms with Gasteiger partial charge in [0.05, 0.1) is 34.4 Å². The van der Waals surface area contributed by atoms with Crippen molar-refractivity contribution in [2.75, 3.05) is 41.0 Å². The van der Waals surface area contributed by atoms with Crippen LogP contribution >= 0.6 is 0 Å². The SMILES string of the molecule is CCCCCCCCCCCCCCCCCCCCCCCCC(=O)OCC(O)COCCC(C(=O)O)[N+](C)(C)C. The minimum atomic E-state index is -0.897. The minimum Gasteiger partial charge on any atom is -0.477 e. The fraction of sp³-hybridized carbons (Fsp3) is 0.943. The summed E-state index contributed by atoms with van der Waals surface area (Å²) in [4.78, 5) is 23.3. The van der Waals surface area contributed by atoms with E-state index in [2.05, 4.69) is 6.92 Å². The number of unbranched alkanes of at least 4 members (excludes halogenated alkanes) is 21. The van der Waals surface area contributed by atoms with E-state index in [4.69, 9.17) is 9.47 Å². The Morgan fingerprint density at radius 2 is 1.00 bits per heavy atom. The maximum absolute atomic E-state index is 11.9. The smallest absolute Gasteiger partial charge is 0.362 e. The van der Waals surface area contributed by atoms with Crippen LogP contribution in [0.15, 0.2) is 0 Å². The molecule has 0 saturated heterocycles. The lowest BCUT2D eigenvalue weighted by Gasteiger charge is -2.31.